The normalized spacial score (nSPS) is 30.6. The lowest BCUT2D eigenvalue weighted by Gasteiger charge is -2.52. The molecule has 142 valence electrons. The van der Waals surface area contributed by atoms with Crippen LogP contribution in [0.2, 0.25) is 0 Å². The highest BCUT2D eigenvalue weighted by molar-refractivity contribution is 7.21. The van der Waals surface area contributed by atoms with Crippen molar-refractivity contribution in [3.8, 4) is 5.75 Å². The number of rotatable bonds is 4. The molecule has 2 aliphatic carbocycles. The number of amides is 1. The molecule has 4 heterocycles. The molecule has 5 aliphatic rings. The van der Waals surface area contributed by atoms with E-state index in [2.05, 4.69) is 35.3 Å². The van der Waals surface area contributed by atoms with Gasteiger partial charge in [-0.25, -0.2) is 0 Å². The standard InChI is InChI=1S/C22H26N2O2S/c1-13-2-3-15-12-17(27-19(15)18(13)26-16-4-5-16)21(25)23-20-14-6-10-24(11-7-14)22(20)8-9-22/h2-3,12,14,16,20H,4-11H2,1H3,(H,23,25)/t20-/m1/s1. The van der Waals surface area contributed by atoms with Crippen LogP contribution in [-0.4, -0.2) is 41.6 Å². The number of benzene rings is 1. The largest absolute Gasteiger partial charge is 0.489 e. The van der Waals surface area contributed by atoms with Crippen molar-refractivity contribution in [3.05, 3.63) is 28.6 Å². The number of piperidine rings is 3. The fourth-order valence-electron chi connectivity index (χ4n) is 5.32. The molecule has 0 unspecified atom stereocenters. The van der Waals surface area contributed by atoms with Gasteiger partial charge in [-0.2, -0.15) is 0 Å². The van der Waals surface area contributed by atoms with E-state index in [1.807, 2.05) is 0 Å². The Bertz CT molecular complexity index is 920. The summed E-state index contributed by atoms with van der Waals surface area (Å²) in [6.45, 7) is 4.54. The molecule has 2 aromatic rings. The van der Waals surface area contributed by atoms with Gasteiger partial charge in [0.05, 0.1) is 21.7 Å². The third kappa shape index (κ3) is 2.54. The number of nitrogens with zero attached hydrogens (tertiary/aromatic N) is 1. The molecule has 1 aromatic heterocycles. The van der Waals surface area contributed by atoms with Gasteiger partial charge in [0.1, 0.15) is 5.75 Å². The predicted octanol–water partition coefficient (Wildman–Crippen LogP) is 4.11. The number of carbonyl (C=O) groups excluding carboxylic acids is 1. The van der Waals surface area contributed by atoms with Crippen LogP contribution < -0.4 is 10.1 Å². The molecule has 0 radical (unpaired) electrons. The number of thiophene rings is 1. The minimum Gasteiger partial charge on any atom is -0.489 e. The summed E-state index contributed by atoms with van der Waals surface area (Å²) in [6.07, 6.45) is 7.64. The monoisotopic (exact) mass is 382 g/mol. The maximum absolute atomic E-state index is 13.1. The summed E-state index contributed by atoms with van der Waals surface area (Å²) in [5.74, 6) is 1.75. The van der Waals surface area contributed by atoms with Crippen LogP contribution in [0.25, 0.3) is 10.1 Å². The summed E-state index contributed by atoms with van der Waals surface area (Å²) in [5, 5.41) is 4.58. The van der Waals surface area contributed by atoms with Crippen molar-refractivity contribution in [2.75, 3.05) is 13.1 Å². The van der Waals surface area contributed by atoms with E-state index < -0.39 is 0 Å². The molecule has 5 heteroatoms. The average Bonchev–Trinajstić information content (AvgIpc) is 3.60. The van der Waals surface area contributed by atoms with Crippen LogP contribution in [0.4, 0.5) is 0 Å². The second-order valence-corrected chi connectivity index (χ2v) is 9.99. The van der Waals surface area contributed by atoms with Gasteiger partial charge in [0.15, 0.2) is 0 Å². The smallest absolute Gasteiger partial charge is 0.261 e. The highest BCUT2D eigenvalue weighted by Gasteiger charge is 2.60. The number of nitrogens with one attached hydrogen (secondary N) is 1. The molecule has 5 fully saturated rings. The van der Waals surface area contributed by atoms with Crippen molar-refractivity contribution in [1.29, 1.82) is 0 Å². The third-order valence-electron chi connectivity index (χ3n) is 7.14. The first-order valence-electron chi connectivity index (χ1n) is 10.4. The number of fused-ring (bicyclic) bond motifs is 3. The molecule has 3 aliphatic heterocycles. The highest BCUT2D eigenvalue weighted by atomic mass is 32.1. The van der Waals surface area contributed by atoms with Crippen molar-refractivity contribution in [1.82, 2.24) is 10.2 Å². The maximum atomic E-state index is 13.1. The van der Waals surface area contributed by atoms with Crippen molar-refractivity contribution in [3.63, 3.8) is 0 Å². The van der Waals surface area contributed by atoms with Crippen LogP contribution >= 0.6 is 11.3 Å². The number of ether oxygens (including phenoxy) is 1. The predicted molar refractivity (Wildman–Crippen MR) is 108 cm³/mol. The number of hydrogen-bond acceptors (Lipinski definition) is 4. The molecule has 4 nitrogen and oxygen atoms in total. The molecular formula is C22H26N2O2S. The minimum atomic E-state index is 0.108. The topological polar surface area (TPSA) is 41.6 Å². The summed E-state index contributed by atoms with van der Waals surface area (Å²) in [7, 11) is 0. The highest BCUT2D eigenvalue weighted by Crippen LogP contribution is 2.53. The van der Waals surface area contributed by atoms with E-state index in [0.717, 1.165) is 39.1 Å². The molecule has 1 amide bonds. The van der Waals surface area contributed by atoms with E-state index in [1.165, 1.54) is 38.8 Å². The van der Waals surface area contributed by atoms with Gasteiger partial charge in [0.2, 0.25) is 0 Å². The molecule has 1 N–H and O–H groups in total. The minimum absolute atomic E-state index is 0.108. The Morgan fingerprint density at radius 2 is 2.00 bits per heavy atom. The first kappa shape index (κ1) is 16.4. The van der Waals surface area contributed by atoms with Gasteiger partial charge in [-0.15, -0.1) is 11.3 Å². The fourth-order valence-corrected chi connectivity index (χ4v) is 6.42. The van der Waals surface area contributed by atoms with Crippen LogP contribution in [-0.2, 0) is 0 Å². The van der Waals surface area contributed by atoms with E-state index in [4.69, 9.17) is 4.74 Å². The van der Waals surface area contributed by atoms with Crippen LogP contribution in [0.5, 0.6) is 5.75 Å². The van der Waals surface area contributed by atoms with Gasteiger partial charge in [0.25, 0.3) is 5.91 Å². The first-order valence-corrected chi connectivity index (χ1v) is 11.2. The summed E-state index contributed by atoms with van der Waals surface area (Å²) in [6, 6.07) is 6.62. The fraction of sp³-hybridized carbons (Fsp3) is 0.591. The Morgan fingerprint density at radius 3 is 2.70 bits per heavy atom. The molecule has 2 bridgehead atoms. The molecular weight excluding hydrogens is 356 g/mol. The van der Waals surface area contributed by atoms with Gasteiger partial charge in [-0.05, 0) is 81.5 Å². The van der Waals surface area contributed by atoms with Crippen molar-refractivity contribution in [2.45, 2.75) is 63.1 Å². The summed E-state index contributed by atoms with van der Waals surface area (Å²) in [5.41, 5.74) is 1.45. The molecule has 27 heavy (non-hydrogen) atoms. The Morgan fingerprint density at radius 1 is 1.22 bits per heavy atom. The van der Waals surface area contributed by atoms with Gasteiger partial charge >= 0.3 is 0 Å². The van der Waals surface area contributed by atoms with Crippen molar-refractivity contribution >= 4 is 27.3 Å². The van der Waals surface area contributed by atoms with E-state index in [1.54, 1.807) is 11.3 Å². The summed E-state index contributed by atoms with van der Waals surface area (Å²) >= 11 is 1.59. The van der Waals surface area contributed by atoms with Crippen LogP contribution in [0, 0.1) is 12.8 Å². The van der Waals surface area contributed by atoms with Gasteiger partial charge in [0, 0.05) is 5.54 Å². The molecule has 1 spiro atoms. The summed E-state index contributed by atoms with van der Waals surface area (Å²) < 4.78 is 7.29. The van der Waals surface area contributed by atoms with E-state index >= 15 is 0 Å². The average molecular weight is 383 g/mol. The molecule has 1 aromatic carbocycles. The van der Waals surface area contributed by atoms with Crippen LogP contribution in [0.3, 0.4) is 0 Å². The Balaban J connectivity index is 1.29. The zero-order valence-corrected chi connectivity index (χ0v) is 16.6. The number of hydrogen-bond donors (Lipinski definition) is 1. The molecule has 1 atom stereocenters. The van der Waals surface area contributed by atoms with Gasteiger partial charge < -0.3 is 10.1 Å². The number of aryl methyl sites for hydroxylation is 1. The second kappa shape index (κ2) is 5.71. The molecule has 3 saturated heterocycles. The van der Waals surface area contributed by atoms with E-state index in [0.29, 0.717) is 18.1 Å². The van der Waals surface area contributed by atoms with E-state index in [-0.39, 0.29) is 11.4 Å². The lowest BCUT2D eigenvalue weighted by Crippen LogP contribution is -2.65. The maximum Gasteiger partial charge on any atom is 0.261 e. The Labute approximate surface area is 163 Å². The number of carbonyl (C=O) groups is 1. The van der Waals surface area contributed by atoms with Gasteiger partial charge in [-0.3, -0.25) is 9.69 Å². The zero-order valence-electron chi connectivity index (χ0n) is 15.8. The zero-order chi connectivity index (χ0) is 18.2. The summed E-state index contributed by atoms with van der Waals surface area (Å²) in [4.78, 5) is 16.6. The Kier molecular flexibility index (Phi) is 3.46. The van der Waals surface area contributed by atoms with Crippen LogP contribution in [0.1, 0.15) is 53.8 Å². The van der Waals surface area contributed by atoms with Crippen molar-refractivity contribution < 1.29 is 9.53 Å². The first-order chi connectivity index (χ1) is 13.1. The molecule has 2 saturated carbocycles. The Hall–Kier alpha value is -1.59. The quantitative estimate of drug-likeness (QED) is 0.865. The lowest BCUT2D eigenvalue weighted by atomic mass is 9.77. The van der Waals surface area contributed by atoms with Gasteiger partial charge in [-0.1, -0.05) is 12.1 Å². The molecule has 7 rings (SSSR count). The van der Waals surface area contributed by atoms with E-state index in [9.17, 15) is 4.79 Å². The lowest BCUT2D eigenvalue weighted by molar-refractivity contribution is -0.00138. The van der Waals surface area contributed by atoms with Crippen molar-refractivity contribution in [2.24, 2.45) is 5.92 Å². The third-order valence-corrected chi connectivity index (χ3v) is 8.29. The SMILES string of the molecule is Cc1ccc2cc(C(=O)N[C@@H]3C4CCN(CC4)C34CC4)sc2c1OC1CC1. The van der Waals surface area contributed by atoms with Crippen LogP contribution in [0.15, 0.2) is 18.2 Å². The second-order valence-electron chi connectivity index (χ2n) is 8.94.